The lowest BCUT2D eigenvalue weighted by Gasteiger charge is -2.14. The molecule has 6 heteroatoms. The van der Waals surface area contributed by atoms with E-state index >= 15 is 0 Å². The Labute approximate surface area is 92.4 Å². The molecule has 1 aromatic heterocycles. The predicted octanol–water partition coefficient (Wildman–Crippen LogP) is 2.19. The molecule has 0 radical (unpaired) electrons. The van der Waals surface area contributed by atoms with E-state index < -0.39 is 7.60 Å². The smallest absolute Gasteiger partial charge is 0.320 e. The van der Waals surface area contributed by atoms with Crippen LogP contribution in [0.4, 0.5) is 0 Å². The highest BCUT2D eigenvalue weighted by molar-refractivity contribution is 7.68. The zero-order valence-corrected chi connectivity index (χ0v) is 10.3. The van der Waals surface area contributed by atoms with Gasteiger partial charge in [0.15, 0.2) is 6.29 Å². The van der Waals surface area contributed by atoms with Gasteiger partial charge in [-0.3, -0.25) is 9.36 Å². The van der Waals surface area contributed by atoms with Crippen molar-refractivity contribution in [1.82, 2.24) is 0 Å². The summed E-state index contributed by atoms with van der Waals surface area (Å²) < 4.78 is 17.0. The maximum absolute atomic E-state index is 11.7. The molecule has 84 valence electrons. The van der Waals surface area contributed by atoms with E-state index in [1.54, 1.807) is 6.92 Å². The number of rotatable bonds is 5. The lowest BCUT2D eigenvalue weighted by atomic mass is 10.3. The van der Waals surface area contributed by atoms with Crippen molar-refractivity contribution in [2.75, 3.05) is 0 Å². The van der Waals surface area contributed by atoms with Gasteiger partial charge < -0.3 is 9.42 Å². The Bertz CT molecular complexity index is 387. The molecule has 1 aromatic rings. The van der Waals surface area contributed by atoms with E-state index in [-0.39, 0.29) is 10.7 Å². The van der Waals surface area contributed by atoms with Gasteiger partial charge in [0.25, 0.3) is 0 Å². The van der Waals surface area contributed by atoms with Gasteiger partial charge in [0, 0.05) is 0 Å². The van der Waals surface area contributed by atoms with E-state index in [0.717, 1.165) is 11.3 Å². The summed E-state index contributed by atoms with van der Waals surface area (Å²) in [5.41, 5.74) is 0. The Morgan fingerprint density at radius 3 is 2.80 bits per heavy atom. The van der Waals surface area contributed by atoms with E-state index in [9.17, 15) is 14.3 Å². The van der Waals surface area contributed by atoms with Crippen molar-refractivity contribution in [3.8, 4) is 0 Å². The molecule has 0 aliphatic rings. The lowest BCUT2D eigenvalue weighted by Crippen LogP contribution is -2.10. The summed E-state index contributed by atoms with van der Waals surface area (Å²) in [6.07, 6.45) is 1.04. The first-order valence-electron chi connectivity index (χ1n) is 4.56. The molecule has 0 aliphatic heterocycles. The van der Waals surface area contributed by atoms with Crippen molar-refractivity contribution in [3.63, 3.8) is 0 Å². The van der Waals surface area contributed by atoms with Crippen LogP contribution in [0, 0.1) is 0 Å². The highest BCUT2D eigenvalue weighted by Gasteiger charge is 2.26. The molecule has 2 unspecified atom stereocenters. The van der Waals surface area contributed by atoms with Crippen LogP contribution in [0.3, 0.4) is 0 Å². The van der Waals surface area contributed by atoms with E-state index in [1.165, 1.54) is 12.1 Å². The van der Waals surface area contributed by atoms with E-state index in [4.69, 9.17) is 4.52 Å². The zero-order chi connectivity index (χ0) is 11.5. The molecule has 0 spiro atoms. The third kappa shape index (κ3) is 3.24. The molecular formula is C9H13O4PS. The number of hydrogen-bond donors (Lipinski definition) is 1. The van der Waals surface area contributed by atoms with Crippen molar-refractivity contribution in [1.29, 1.82) is 0 Å². The summed E-state index contributed by atoms with van der Waals surface area (Å²) >= 11 is 0.986. The fraction of sp³-hybridized carbons (Fsp3) is 0.444. The van der Waals surface area contributed by atoms with Gasteiger partial charge in [0.2, 0.25) is 0 Å². The Morgan fingerprint density at radius 2 is 2.33 bits per heavy atom. The van der Waals surface area contributed by atoms with Crippen LogP contribution in [-0.2, 0) is 9.09 Å². The Kier molecular flexibility index (Phi) is 4.22. The molecule has 0 bridgehead atoms. The highest BCUT2D eigenvalue weighted by atomic mass is 32.1. The normalized spacial score (nSPS) is 17.0. The van der Waals surface area contributed by atoms with Crippen LogP contribution in [0.15, 0.2) is 12.1 Å². The average molecular weight is 248 g/mol. The molecule has 0 saturated carbocycles. The molecule has 4 nitrogen and oxygen atoms in total. The van der Waals surface area contributed by atoms with E-state index in [1.807, 2.05) is 6.92 Å². The van der Waals surface area contributed by atoms with Gasteiger partial charge in [0.05, 0.1) is 11.0 Å². The summed E-state index contributed by atoms with van der Waals surface area (Å²) in [7, 11) is -3.75. The molecule has 0 aromatic carbocycles. The first-order valence-corrected chi connectivity index (χ1v) is 6.95. The first-order chi connectivity index (χ1) is 6.99. The molecule has 15 heavy (non-hydrogen) atoms. The minimum absolute atomic E-state index is 0.213. The van der Waals surface area contributed by atoms with Crippen molar-refractivity contribution >= 4 is 29.8 Å². The quantitative estimate of drug-likeness (QED) is 0.640. The Balaban J connectivity index is 2.85. The average Bonchev–Trinajstić information content (AvgIpc) is 2.65. The van der Waals surface area contributed by atoms with Gasteiger partial charge in [-0.1, -0.05) is 6.92 Å². The summed E-state index contributed by atoms with van der Waals surface area (Å²) in [4.78, 5) is 20.5. The maximum Gasteiger partial charge on any atom is 0.368 e. The fourth-order valence-corrected chi connectivity index (χ4v) is 3.40. The summed E-state index contributed by atoms with van der Waals surface area (Å²) in [6.45, 7) is 3.60. The zero-order valence-electron chi connectivity index (χ0n) is 8.54. The largest absolute Gasteiger partial charge is 0.368 e. The van der Waals surface area contributed by atoms with Gasteiger partial charge in [-0.2, -0.15) is 0 Å². The van der Waals surface area contributed by atoms with Gasteiger partial charge in [0.1, 0.15) is 4.62 Å². The maximum atomic E-state index is 11.7. The van der Waals surface area contributed by atoms with Crippen LogP contribution in [0.1, 0.15) is 29.9 Å². The molecule has 2 atom stereocenters. The predicted molar refractivity (Wildman–Crippen MR) is 60.0 cm³/mol. The van der Waals surface area contributed by atoms with Crippen molar-refractivity contribution in [2.24, 2.45) is 0 Å². The van der Waals surface area contributed by atoms with Crippen LogP contribution in [0.2, 0.25) is 0 Å². The summed E-state index contributed by atoms with van der Waals surface area (Å²) in [5, 5.41) is 0. The SMILES string of the molecule is CCC(C)OP(=O)(O)c1ccc(C=O)s1. The van der Waals surface area contributed by atoms with Crippen LogP contribution >= 0.6 is 18.9 Å². The first kappa shape index (κ1) is 12.6. The molecule has 1 heterocycles. The van der Waals surface area contributed by atoms with Crippen LogP contribution < -0.4 is 4.62 Å². The minimum Gasteiger partial charge on any atom is -0.320 e. The Hall–Kier alpha value is -0.480. The molecule has 0 fully saturated rings. The number of carbonyl (C=O) groups is 1. The van der Waals surface area contributed by atoms with Crippen molar-refractivity contribution in [3.05, 3.63) is 17.0 Å². The number of thiophene rings is 1. The Morgan fingerprint density at radius 1 is 1.67 bits per heavy atom. The lowest BCUT2D eigenvalue weighted by molar-refractivity contribution is 0.112. The van der Waals surface area contributed by atoms with Crippen molar-refractivity contribution < 1.29 is 18.8 Å². The minimum atomic E-state index is -3.75. The van der Waals surface area contributed by atoms with Gasteiger partial charge in [-0.15, -0.1) is 11.3 Å². The highest BCUT2D eigenvalue weighted by Crippen LogP contribution is 2.44. The molecule has 0 amide bonds. The molecule has 0 aliphatic carbocycles. The monoisotopic (exact) mass is 248 g/mol. The summed E-state index contributed by atoms with van der Waals surface area (Å²) in [5.74, 6) is 0. The van der Waals surface area contributed by atoms with Gasteiger partial charge >= 0.3 is 7.60 Å². The number of hydrogen-bond acceptors (Lipinski definition) is 4. The van der Waals surface area contributed by atoms with Crippen molar-refractivity contribution in [2.45, 2.75) is 26.4 Å². The number of carbonyl (C=O) groups excluding carboxylic acids is 1. The standard InChI is InChI=1S/C9H13O4PS/c1-3-7(2)13-14(11,12)9-5-4-8(6-10)15-9/h4-7H,3H2,1-2H3,(H,11,12). The molecule has 1 N–H and O–H groups in total. The van der Waals surface area contributed by atoms with Crippen LogP contribution in [-0.4, -0.2) is 17.3 Å². The molecule has 0 saturated heterocycles. The second-order valence-electron chi connectivity index (χ2n) is 3.14. The molecular weight excluding hydrogens is 235 g/mol. The van der Waals surface area contributed by atoms with E-state index in [0.29, 0.717) is 17.6 Å². The fourth-order valence-electron chi connectivity index (χ4n) is 0.928. The number of aldehydes is 1. The van der Waals surface area contributed by atoms with E-state index in [2.05, 4.69) is 0 Å². The van der Waals surface area contributed by atoms with Crippen LogP contribution in [0.25, 0.3) is 0 Å². The summed E-state index contributed by atoms with van der Waals surface area (Å²) in [6, 6.07) is 2.97. The van der Waals surface area contributed by atoms with Gasteiger partial charge in [-0.25, -0.2) is 0 Å². The van der Waals surface area contributed by atoms with Crippen LogP contribution in [0.5, 0.6) is 0 Å². The van der Waals surface area contributed by atoms with Gasteiger partial charge in [-0.05, 0) is 25.5 Å². The third-order valence-electron chi connectivity index (χ3n) is 1.90. The molecule has 1 rings (SSSR count). The topological polar surface area (TPSA) is 63.6 Å². The second-order valence-corrected chi connectivity index (χ2v) is 6.29. The third-order valence-corrected chi connectivity index (χ3v) is 5.04. The second kappa shape index (κ2) is 5.03.